The summed E-state index contributed by atoms with van der Waals surface area (Å²) in [4.78, 5) is 16.9. The number of carbonyl (C=O) groups excluding carboxylic acids is 1. The van der Waals surface area contributed by atoms with Crippen molar-refractivity contribution in [1.29, 1.82) is 0 Å². The molecule has 2 aromatic rings. The maximum Gasteiger partial charge on any atom is 0.226 e. The molecule has 24 heavy (non-hydrogen) atoms. The van der Waals surface area contributed by atoms with Crippen LogP contribution in [-0.2, 0) is 16.0 Å². The van der Waals surface area contributed by atoms with Gasteiger partial charge in [-0.1, -0.05) is 18.2 Å². The number of hydrogen-bond acceptors (Lipinski definition) is 3. The van der Waals surface area contributed by atoms with Crippen molar-refractivity contribution in [2.45, 2.75) is 31.4 Å². The molecular formula is C19H19FN2O2. The molecular weight excluding hydrogens is 307 g/mol. The normalized spacial score (nSPS) is 25.5. The average molecular weight is 326 g/mol. The minimum Gasteiger partial charge on any atom is -0.373 e. The zero-order chi connectivity index (χ0) is 16.5. The number of aromatic nitrogens is 1. The van der Waals surface area contributed by atoms with Crippen LogP contribution in [0.4, 0.5) is 4.39 Å². The van der Waals surface area contributed by atoms with Crippen molar-refractivity contribution in [3.63, 3.8) is 0 Å². The van der Waals surface area contributed by atoms with Gasteiger partial charge in [0, 0.05) is 19.0 Å². The molecule has 4 rings (SSSR count). The van der Waals surface area contributed by atoms with Crippen molar-refractivity contribution < 1.29 is 13.9 Å². The maximum absolute atomic E-state index is 13.8. The number of fused-ring (bicyclic) bond motifs is 1. The molecule has 2 heterocycles. The highest BCUT2D eigenvalue weighted by atomic mass is 19.1. The zero-order valence-corrected chi connectivity index (χ0v) is 13.2. The molecule has 1 aromatic heterocycles. The van der Waals surface area contributed by atoms with Crippen LogP contribution >= 0.6 is 0 Å². The molecule has 3 atom stereocenters. The standard InChI is InChI=1S/C19H19FN2O2/c20-16-5-1-4-14-13(16)6-7-17(14)22-19(23)15-8-10-24-18(15)12-3-2-9-21-11-12/h1-5,9,11,15,17-18H,6-8,10H2,(H,22,23)/t15-,17+,18+/m0/s1. The largest absolute Gasteiger partial charge is 0.373 e. The van der Waals surface area contributed by atoms with Gasteiger partial charge in [0.15, 0.2) is 0 Å². The van der Waals surface area contributed by atoms with Crippen molar-refractivity contribution in [2.75, 3.05) is 6.61 Å². The third-order valence-corrected chi connectivity index (χ3v) is 4.97. The van der Waals surface area contributed by atoms with Crippen LogP contribution in [0.2, 0.25) is 0 Å². The minimum absolute atomic E-state index is 0.0246. The number of nitrogens with one attached hydrogen (secondary N) is 1. The Hall–Kier alpha value is -2.27. The second kappa shape index (κ2) is 6.32. The number of pyridine rings is 1. The highest BCUT2D eigenvalue weighted by molar-refractivity contribution is 5.80. The molecule has 0 unspecified atom stereocenters. The van der Waals surface area contributed by atoms with Crippen LogP contribution in [0, 0.1) is 11.7 Å². The molecule has 2 aliphatic rings. The first-order valence-corrected chi connectivity index (χ1v) is 8.33. The molecule has 0 bridgehead atoms. The van der Waals surface area contributed by atoms with Gasteiger partial charge in [0.1, 0.15) is 5.82 Å². The molecule has 1 amide bonds. The Labute approximate surface area is 140 Å². The molecule has 1 fully saturated rings. The monoisotopic (exact) mass is 326 g/mol. The first-order chi connectivity index (χ1) is 11.7. The van der Waals surface area contributed by atoms with Crippen LogP contribution in [-0.4, -0.2) is 17.5 Å². The lowest BCUT2D eigenvalue weighted by Crippen LogP contribution is -2.34. The number of benzene rings is 1. The van der Waals surface area contributed by atoms with Gasteiger partial charge in [-0.05, 0) is 48.1 Å². The Kier molecular flexibility index (Phi) is 4.02. The van der Waals surface area contributed by atoms with E-state index in [9.17, 15) is 9.18 Å². The Balaban J connectivity index is 1.50. The summed E-state index contributed by atoms with van der Waals surface area (Å²) in [5.74, 6) is -0.433. The van der Waals surface area contributed by atoms with Gasteiger partial charge in [0.2, 0.25) is 5.91 Å². The van der Waals surface area contributed by atoms with E-state index in [1.54, 1.807) is 18.5 Å². The van der Waals surface area contributed by atoms with Gasteiger partial charge in [0.25, 0.3) is 0 Å². The number of nitrogens with zero attached hydrogens (tertiary/aromatic N) is 1. The first-order valence-electron chi connectivity index (χ1n) is 8.33. The van der Waals surface area contributed by atoms with Gasteiger partial charge >= 0.3 is 0 Å². The number of ether oxygens (including phenoxy) is 1. The number of halogens is 1. The van der Waals surface area contributed by atoms with Crippen molar-refractivity contribution >= 4 is 5.91 Å². The predicted octanol–water partition coefficient (Wildman–Crippen LogP) is 3.10. The molecule has 124 valence electrons. The molecule has 1 saturated heterocycles. The Morgan fingerprint density at radius 1 is 1.25 bits per heavy atom. The Morgan fingerprint density at radius 3 is 3.00 bits per heavy atom. The number of rotatable bonds is 3. The fourth-order valence-corrected chi connectivity index (χ4v) is 3.77. The van der Waals surface area contributed by atoms with E-state index in [1.165, 1.54) is 6.07 Å². The van der Waals surface area contributed by atoms with Gasteiger partial charge < -0.3 is 10.1 Å². The second-order valence-electron chi connectivity index (χ2n) is 6.38. The number of hydrogen-bond donors (Lipinski definition) is 1. The summed E-state index contributed by atoms with van der Waals surface area (Å²) in [6.45, 7) is 0.563. The van der Waals surface area contributed by atoms with Gasteiger partial charge in [0.05, 0.1) is 18.1 Å². The topological polar surface area (TPSA) is 51.2 Å². The van der Waals surface area contributed by atoms with Crippen molar-refractivity contribution in [3.05, 3.63) is 65.2 Å². The van der Waals surface area contributed by atoms with E-state index in [2.05, 4.69) is 10.3 Å². The van der Waals surface area contributed by atoms with Gasteiger partial charge in [-0.25, -0.2) is 4.39 Å². The minimum atomic E-state index is -0.257. The van der Waals surface area contributed by atoms with Crippen LogP contribution in [0.15, 0.2) is 42.7 Å². The predicted molar refractivity (Wildman–Crippen MR) is 86.6 cm³/mol. The quantitative estimate of drug-likeness (QED) is 0.943. The van der Waals surface area contributed by atoms with E-state index in [-0.39, 0.29) is 29.8 Å². The van der Waals surface area contributed by atoms with Crippen LogP contribution in [0.5, 0.6) is 0 Å². The maximum atomic E-state index is 13.8. The van der Waals surface area contributed by atoms with E-state index in [4.69, 9.17) is 4.74 Å². The Bertz CT molecular complexity index is 750. The van der Waals surface area contributed by atoms with Crippen LogP contribution in [0.3, 0.4) is 0 Å². The number of amides is 1. The summed E-state index contributed by atoms with van der Waals surface area (Å²) in [5, 5.41) is 3.10. The lowest BCUT2D eigenvalue weighted by Gasteiger charge is -2.21. The molecule has 0 saturated carbocycles. The molecule has 1 N–H and O–H groups in total. The van der Waals surface area contributed by atoms with Crippen molar-refractivity contribution in [1.82, 2.24) is 10.3 Å². The van der Waals surface area contributed by atoms with Crippen LogP contribution in [0.25, 0.3) is 0 Å². The third kappa shape index (κ3) is 2.69. The highest BCUT2D eigenvalue weighted by Crippen LogP contribution is 2.37. The lowest BCUT2D eigenvalue weighted by molar-refractivity contribution is -0.127. The SMILES string of the molecule is O=C(N[C@@H]1CCc2c(F)cccc21)[C@H]1CCO[C@@H]1c1cccnc1. The first kappa shape index (κ1) is 15.3. The van der Waals surface area contributed by atoms with E-state index < -0.39 is 0 Å². The van der Waals surface area contributed by atoms with Crippen molar-refractivity contribution in [2.24, 2.45) is 5.92 Å². The Morgan fingerprint density at radius 2 is 2.17 bits per heavy atom. The molecule has 4 nitrogen and oxygen atoms in total. The van der Waals surface area contributed by atoms with Crippen LogP contribution in [0.1, 0.15) is 41.7 Å². The lowest BCUT2D eigenvalue weighted by atomic mass is 9.95. The fourth-order valence-electron chi connectivity index (χ4n) is 3.77. The van der Waals surface area contributed by atoms with Gasteiger partial charge in [-0.3, -0.25) is 9.78 Å². The molecule has 1 aromatic carbocycles. The molecule has 5 heteroatoms. The zero-order valence-electron chi connectivity index (χ0n) is 13.2. The van der Waals surface area contributed by atoms with E-state index in [0.29, 0.717) is 19.4 Å². The van der Waals surface area contributed by atoms with Gasteiger partial charge in [-0.15, -0.1) is 0 Å². The highest BCUT2D eigenvalue weighted by Gasteiger charge is 2.37. The molecule has 0 spiro atoms. The molecule has 1 aliphatic carbocycles. The second-order valence-corrected chi connectivity index (χ2v) is 6.38. The van der Waals surface area contributed by atoms with Crippen molar-refractivity contribution in [3.8, 4) is 0 Å². The summed E-state index contributed by atoms with van der Waals surface area (Å²) >= 11 is 0. The van der Waals surface area contributed by atoms with E-state index in [0.717, 1.165) is 23.1 Å². The number of carbonyl (C=O) groups is 1. The smallest absolute Gasteiger partial charge is 0.226 e. The van der Waals surface area contributed by atoms with Gasteiger partial charge in [-0.2, -0.15) is 0 Å². The molecule has 1 aliphatic heterocycles. The average Bonchev–Trinajstić information content (AvgIpc) is 3.24. The third-order valence-electron chi connectivity index (χ3n) is 4.97. The summed E-state index contributed by atoms with van der Waals surface area (Å²) in [5.41, 5.74) is 2.56. The van der Waals surface area contributed by atoms with Crippen LogP contribution < -0.4 is 5.32 Å². The van der Waals surface area contributed by atoms with E-state index >= 15 is 0 Å². The molecule has 0 radical (unpaired) electrons. The summed E-state index contributed by atoms with van der Waals surface area (Å²) in [6.07, 6.45) is 5.29. The summed E-state index contributed by atoms with van der Waals surface area (Å²) < 4.78 is 19.6. The fraction of sp³-hybridized carbons (Fsp3) is 0.368. The van der Waals surface area contributed by atoms with E-state index in [1.807, 2.05) is 18.2 Å². The summed E-state index contributed by atoms with van der Waals surface area (Å²) in [6, 6.07) is 8.76. The summed E-state index contributed by atoms with van der Waals surface area (Å²) in [7, 11) is 0.